The molecular weight excluding hydrogens is 508 g/mol. The zero-order chi connectivity index (χ0) is 26.6. The van der Waals surface area contributed by atoms with E-state index in [1.165, 1.54) is 11.8 Å². The summed E-state index contributed by atoms with van der Waals surface area (Å²) in [5, 5.41) is 10.4. The largest absolute Gasteiger partial charge is 0.355 e. The maximum atomic E-state index is 13.2. The van der Waals surface area contributed by atoms with Crippen molar-refractivity contribution in [3.05, 3.63) is 53.1 Å². The van der Waals surface area contributed by atoms with Crippen molar-refractivity contribution in [2.75, 3.05) is 23.7 Å². The van der Waals surface area contributed by atoms with Gasteiger partial charge in [0.25, 0.3) is 0 Å². The number of pyridine rings is 1. The summed E-state index contributed by atoms with van der Waals surface area (Å²) in [5.41, 5.74) is 1.53. The lowest BCUT2D eigenvalue weighted by molar-refractivity contribution is -0.123. The molecule has 0 unspecified atom stereocenters. The SMILES string of the molecule is CCCC(=O)c1cc(C#N)c(N2CCC(C(=O)NS(=O)(=O)C3(c4ccccc4)CC3)CC2)nc1SCC. The van der Waals surface area contributed by atoms with Gasteiger partial charge in [0.1, 0.15) is 21.7 Å². The number of sulfonamides is 1. The molecule has 8 nitrogen and oxygen atoms in total. The number of nitrogens with one attached hydrogen (secondary N) is 1. The number of Topliss-reactive ketones (excluding diaryl/α,β-unsaturated/α-hetero) is 1. The smallest absolute Gasteiger partial charge is 0.244 e. The topological polar surface area (TPSA) is 120 Å². The second-order valence-electron chi connectivity index (χ2n) is 9.52. The van der Waals surface area contributed by atoms with Crippen molar-refractivity contribution in [1.82, 2.24) is 9.71 Å². The molecule has 1 aromatic carbocycles. The molecule has 10 heteroatoms. The molecule has 1 saturated carbocycles. The minimum Gasteiger partial charge on any atom is -0.355 e. The number of aromatic nitrogens is 1. The summed E-state index contributed by atoms with van der Waals surface area (Å²) < 4.78 is 27.6. The van der Waals surface area contributed by atoms with Gasteiger partial charge in [-0.1, -0.05) is 44.2 Å². The molecule has 2 aliphatic rings. The molecule has 1 N–H and O–H groups in total. The highest BCUT2D eigenvalue weighted by Crippen LogP contribution is 2.52. The predicted molar refractivity (Wildman–Crippen MR) is 144 cm³/mol. The van der Waals surface area contributed by atoms with Crippen molar-refractivity contribution < 1.29 is 18.0 Å². The molecule has 37 heavy (non-hydrogen) atoms. The number of carbonyl (C=O) groups is 2. The lowest BCUT2D eigenvalue weighted by atomic mass is 9.96. The molecule has 1 amide bonds. The second kappa shape index (κ2) is 11.2. The highest BCUT2D eigenvalue weighted by atomic mass is 32.2. The monoisotopic (exact) mass is 540 g/mol. The Labute approximate surface area is 222 Å². The molecule has 0 bridgehead atoms. The summed E-state index contributed by atoms with van der Waals surface area (Å²) in [6.07, 6.45) is 3.00. The van der Waals surface area contributed by atoms with Crippen molar-refractivity contribution in [1.29, 1.82) is 5.26 Å². The number of anilines is 1. The van der Waals surface area contributed by atoms with E-state index in [2.05, 4.69) is 10.8 Å². The van der Waals surface area contributed by atoms with Gasteiger partial charge in [0, 0.05) is 25.4 Å². The Morgan fingerprint density at radius 1 is 1.19 bits per heavy atom. The number of nitriles is 1. The van der Waals surface area contributed by atoms with Gasteiger partial charge in [-0.25, -0.2) is 13.4 Å². The molecule has 2 heterocycles. The summed E-state index contributed by atoms with van der Waals surface area (Å²) in [7, 11) is -3.86. The van der Waals surface area contributed by atoms with Crippen LogP contribution in [0.1, 0.15) is 73.9 Å². The molecule has 1 aromatic heterocycles. The number of amides is 1. The number of ketones is 1. The van der Waals surface area contributed by atoms with Crippen molar-refractivity contribution in [2.24, 2.45) is 5.92 Å². The van der Waals surface area contributed by atoms with Gasteiger partial charge in [-0.3, -0.25) is 14.3 Å². The summed E-state index contributed by atoms with van der Waals surface area (Å²) in [6, 6.07) is 12.9. The van der Waals surface area contributed by atoms with Gasteiger partial charge in [0.2, 0.25) is 15.9 Å². The minimum absolute atomic E-state index is 0.0190. The average Bonchev–Trinajstić information content (AvgIpc) is 3.72. The Kier molecular flexibility index (Phi) is 8.24. The van der Waals surface area contributed by atoms with Gasteiger partial charge in [-0.15, -0.1) is 11.8 Å². The van der Waals surface area contributed by atoms with Crippen molar-refractivity contribution in [2.45, 2.75) is 62.1 Å². The van der Waals surface area contributed by atoms with E-state index in [0.717, 1.165) is 12.2 Å². The number of benzene rings is 1. The Morgan fingerprint density at radius 2 is 1.86 bits per heavy atom. The fraction of sp³-hybridized carbons (Fsp3) is 0.481. The van der Waals surface area contributed by atoms with Crippen LogP contribution in [0.2, 0.25) is 0 Å². The summed E-state index contributed by atoms with van der Waals surface area (Å²) in [6.45, 7) is 4.85. The molecule has 2 fully saturated rings. The number of nitrogens with zero attached hydrogens (tertiary/aromatic N) is 3. The van der Waals surface area contributed by atoms with Gasteiger partial charge in [0.15, 0.2) is 5.78 Å². The van der Waals surface area contributed by atoms with Crippen LogP contribution in [0.5, 0.6) is 0 Å². The highest BCUT2D eigenvalue weighted by molar-refractivity contribution is 7.99. The number of piperidine rings is 1. The van der Waals surface area contributed by atoms with Crippen LogP contribution in [-0.2, 0) is 19.6 Å². The quantitative estimate of drug-likeness (QED) is 0.348. The van der Waals surface area contributed by atoms with Crippen LogP contribution >= 0.6 is 11.8 Å². The van der Waals surface area contributed by atoms with E-state index in [4.69, 9.17) is 4.98 Å². The summed E-state index contributed by atoms with van der Waals surface area (Å²) >= 11 is 1.47. The first-order chi connectivity index (χ1) is 17.8. The zero-order valence-electron chi connectivity index (χ0n) is 21.2. The first-order valence-electron chi connectivity index (χ1n) is 12.7. The summed E-state index contributed by atoms with van der Waals surface area (Å²) in [5.74, 6) is 0.316. The fourth-order valence-corrected chi connectivity index (χ4v) is 7.32. The molecule has 1 aliphatic carbocycles. The first-order valence-corrected chi connectivity index (χ1v) is 15.2. The molecule has 0 spiro atoms. The van der Waals surface area contributed by atoms with E-state index in [9.17, 15) is 23.3 Å². The normalized spacial score (nSPS) is 17.2. The number of thioether (sulfide) groups is 1. The molecular formula is C27H32N4O4S2. The lowest BCUT2D eigenvalue weighted by Gasteiger charge is -2.33. The highest BCUT2D eigenvalue weighted by Gasteiger charge is 2.56. The van der Waals surface area contributed by atoms with Crippen LogP contribution in [-0.4, -0.2) is 43.9 Å². The molecule has 4 rings (SSSR count). The minimum atomic E-state index is -3.86. The lowest BCUT2D eigenvalue weighted by Crippen LogP contribution is -2.45. The molecule has 1 aliphatic heterocycles. The van der Waals surface area contributed by atoms with Gasteiger partial charge in [-0.2, -0.15) is 5.26 Å². The van der Waals surface area contributed by atoms with Crippen LogP contribution < -0.4 is 9.62 Å². The van der Waals surface area contributed by atoms with Crippen molar-refractivity contribution in [3.63, 3.8) is 0 Å². The Morgan fingerprint density at radius 3 is 2.43 bits per heavy atom. The van der Waals surface area contributed by atoms with Gasteiger partial charge < -0.3 is 4.90 Å². The van der Waals surface area contributed by atoms with Crippen LogP contribution in [0.25, 0.3) is 0 Å². The van der Waals surface area contributed by atoms with Crippen LogP contribution in [0.3, 0.4) is 0 Å². The maximum absolute atomic E-state index is 13.2. The van der Waals surface area contributed by atoms with Crippen LogP contribution in [0.4, 0.5) is 5.82 Å². The average molecular weight is 541 g/mol. The fourth-order valence-electron chi connectivity index (χ4n) is 4.85. The molecule has 1 saturated heterocycles. The van der Waals surface area contributed by atoms with Crippen LogP contribution in [0, 0.1) is 17.2 Å². The third kappa shape index (κ3) is 5.53. The van der Waals surface area contributed by atoms with Crippen LogP contribution in [0.15, 0.2) is 41.4 Å². The van der Waals surface area contributed by atoms with E-state index < -0.39 is 26.6 Å². The van der Waals surface area contributed by atoms with Crippen molar-refractivity contribution >= 4 is 39.3 Å². The number of hydrogen-bond acceptors (Lipinski definition) is 8. The third-order valence-electron chi connectivity index (χ3n) is 7.07. The standard InChI is InChI=1S/C27H32N4O4S2/c1-3-8-23(32)22-17-20(18-28)24(29-26(22)36-4-2)31-15-11-19(12-16-31)25(33)30-37(34,35)27(13-14-27)21-9-6-5-7-10-21/h5-7,9-10,17,19H,3-4,8,11-16H2,1-2H3,(H,30,33). The van der Waals surface area contributed by atoms with Gasteiger partial charge in [0.05, 0.1) is 11.1 Å². The van der Waals surface area contributed by atoms with E-state index in [-0.39, 0.29) is 5.78 Å². The van der Waals surface area contributed by atoms with E-state index >= 15 is 0 Å². The predicted octanol–water partition coefficient (Wildman–Crippen LogP) is 4.40. The Bertz CT molecular complexity index is 1310. The second-order valence-corrected chi connectivity index (χ2v) is 12.8. The molecule has 0 radical (unpaired) electrons. The Hall–Kier alpha value is -2.90. The molecule has 2 aromatic rings. The van der Waals surface area contributed by atoms with Crippen molar-refractivity contribution in [3.8, 4) is 6.07 Å². The van der Waals surface area contributed by atoms with E-state index in [0.29, 0.717) is 72.7 Å². The maximum Gasteiger partial charge on any atom is 0.244 e. The van der Waals surface area contributed by atoms with Gasteiger partial charge in [-0.05, 0) is 49.5 Å². The molecule has 196 valence electrons. The Balaban J connectivity index is 1.46. The number of carbonyl (C=O) groups excluding carboxylic acids is 2. The van der Waals surface area contributed by atoms with E-state index in [1.54, 1.807) is 18.2 Å². The third-order valence-corrected chi connectivity index (χ3v) is 10.1. The number of rotatable bonds is 10. The molecule has 0 atom stereocenters. The first kappa shape index (κ1) is 27.1. The number of hydrogen-bond donors (Lipinski definition) is 1. The van der Waals surface area contributed by atoms with E-state index in [1.807, 2.05) is 36.9 Å². The zero-order valence-corrected chi connectivity index (χ0v) is 22.8. The van der Waals surface area contributed by atoms with Gasteiger partial charge >= 0.3 is 0 Å². The summed E-state index contributed by atoms with van der Waals surface area (Å²) in [4.78, 5) is 32.3.